The minimum absolute atomic E-state index is 0.335. The van der Waals surface area contributed by atoms with Crippen molar-refractivity contribution in [2.75, 3.05) is 25.6 Å². The van der Waals surface area contributed by atoms with Crippen LogP contribution in [-0.2, 0) is 14.3 Å². The third kappa shape index (κ3) is 6.03. The number of thiazole rings is 1. The monoisotopic (exact) mass is 476 g/mol. The first-order chi connectivity index (χ1) is 14.0. The normalized spacial score (nSPS) is 10.3. The van der Waals surface area contributed by atoms with Crippen molar-refractivity contribution in [2.45, 2.75) is 0 Å². The van der Waals surface area contributed by atoms with Gasteiger partial charge in [-0.15, -0.1) is 11.3 Å². The van der Waals surface area contributed by atoms with Crippen molar-refractivity contribution < 1.29 is 23.8 Å². The number of amides is 1. The lowest BCUT2D eigenvalue weighted by atomic mass is 10.2. The summed E-state index contributed by atoms with van der Waals surface area (Å²) in [7, 11) is 1.51. The number of aromatic nitrogens is 1. The molecule has 29 heavy (non-hydrogen) atoms. The minimum atomic E-state index is -0.667. The van der Waals surface area contributed by atoms with Crippen molar-refractivity contribution in [3.8, 4) is 22.8 Å². The largest absolute Gasteiger partial charge is 0.493 e. The quantitative estimate of drug-likeness (QED) is 0.491. The van der Waals surface area contributed by atoms with E-state index in [1.807, 2.05) is 29.6 Å². The highest BCUT2D eigenvalue weighted by Crippen LogP contribution is 2.27. The van der Waals surface area contributed by atoms with Crippen LogP contribution in [-0.4, -0.2) is 37.2 Å². The predicted molar refractivity (Wildman–Crippen MR) is 113 cm³/mol. The average molecular weight is 477 g/mol. The van der Waals surface area contributed by atoms with Crippen molar-refractivity contribution in [1.29, 1.82) is 0 Å². The van der Waals surface area contributed by atoms with Crippen molar-refractivity contribution in [3.05, 3.63) is 58.4 Å². The van der Waals surface area contributed by atoms with Gasteiger partial charge in [0.25, 0.3) is 5.91 Å². The number of hydrogen-bond donors (Lipinski definition) is 1. The molecule has 0 spiro atoms. The molecule has 1 aromatic heterocycles. The minimum Gasteiger partial charge on any atom is -0.493 e. The van der Waals surface area contributed by atoms with Gasteiger partial charge in [-0.3, -0.25) is 10.1 Å². The summed E-state index contributed by atoms with van der Waals surface area (Å²) in [6.07, 6.45) is 0. The molecule has 0 unspecified atom stereocenters. The van der Waals surface area contributed by atoms with Gasteiger partial charge in [0, 0.05) is 15.4 Å². The molecule has 0 aliphatic carbocycles. The van der Waals surface area contributed by atoms with Crippen LogP contribution in [0.4, 0.5) is 5.13 Å². The van der Waals surface area contributed by atoms with Crippen LogP contribution in [0, 0.1) is 0 Å². The average Bonchev–Trinajstić information content (AvgIpc) is 3.19. The van der Waals surface area contributed by atoms with E-state index in [2.05, 4.69) is 26.2 Å². The maximum absolute atomic E-state index is 12.0. The maximum Gasteiger partial charge on any atom is 0.344 e. The second-order valence-electron chi connectivity index (χ2n) is 5.70. The van der Waals surface area contributed by atoms with E-state index in [0.29, 0.717) is 16.6 Å². The Morgan fingerprint density at radius 3 is 2.66 bits per heavy atom. The van der Waals surface area contributed by atoms with Gasteiger partial charge >= 0.3 is 5.97 Å². The molecule has 3 aromatic rings. The highest BCUT2D eigenvalue weighted by Gasteiger charge is 2.12. The predicted octanol–water partition coefficient (Wildman–Crippen LogP) is 4.14. The SMILES string of the molecule is COc1ccccc1OCC(=O)OCC(=O)Nc1nc(-c2cccc(Br)c2)cs1. The molecular formula is C20H17BrN2O5S. The highest BCUT2D eigenvalue weighted by molar-refractivity contribution is 9.10. The zero-order valence-electron chi connectivity index (χ0n) is 15.4. The molecule has 2 aromatic carbocycles. The molecule has 0 saturated carbocycles. The molecular weight excluding hydrogens is 460 g/mol. The first-order valence-electron chi connectivity index (χ1n) is 8.48. The van der Waals surface area contributed by atoms with Gasteiger partial charge in [0.05, 0.1) is 12.8 Å². The molecule has 1 N–H and O–H groups in total. The number of ether oxygens (including phenoxy) is 3. The van der Waals surface area contributed by atoms with Gasteiger partial charge in [0.15, 0.2) is 29.8 Å². The Bertz CT molecular complexity index is 1010. The van der Waals surface area contributed by atoms with Crippen LogP contribution in [0.25, 0.3) is 11.3 Å². The van der Waals surface area contributed by atoms with Crippen molar-refractivity contribution in [2.24, 2.45) is 0 Å². The standard InChI is InChI=1S/C20H17BrN2O5S/c1-26-16-7-2-3-8-17(16)27-11-19(25)28-10-18(24)23-20-22-15(12-29-20)13-5-4-6-14(21)9-13/h2-9,12H,10-11H2,1H3,(H,22,23,24). The Kier molecular flexibility index (Phi) is 7.20. The molecule has 7 nitrogen and oxygen atoms in total. The maximum atomic E-state index is 12.0. The van der Waals surface area contributed by atoms with Crippen molar-refractivity contribution >= 4 is 44.3 Å². The van der Waals surface area contributed by atoms with Crippen LogP contribution in [0.3, 0.4) is 0 Å². The summed E-state index contributed by atoms with van der Waals surface area (Å²) in [5.41, 5.74) is 1.67. The second-order valence-corrected chi connectivity index (χ2v) is 7.47. The van der Waals surface area contributed by atoms with E-state index in [0.717, 1.165) is 15.7 Å². The van der Waals surface area contributed by atoms with Crippen LogP contribution < -0.4 is 14.8 Å². The first-order valence-corrected chi connectivity index (χ1v) is 10.1. The number of esters is 1. The molecule has 150 valence electrons. The summed E-state index contributed by atoms with van der Waals surface area (Å²) >= 11 is 4.70. The van der Waals surface area contributed by atoms with Crippen LogP contribution in [0.1, 0.15) is 0 Å². The van der Waals surface area contributed by atoms with E-state index in [1.54, 1.807) is 24.3 Å². The number of carbonyl (C=O) groups is 2. The smallest absolute Gasteiger partial charge is 0.344 e. The molecule has 1 heterocycles. The molecule has 9 heteroatoms. The Morgan fingerprint density at radius 2 is 1.90 bits per heavy atom. The number of benzene rings is 2. The second kappa shape index (κ2) is 10.0. The number of hydrogen-bond acceptors (Lipinski definition) is 7. The number of para-hydroxylation sites is 2. The molecule has 0 aliphatic rings. The zero-order chi connectivity index (χ0) is 20.6. The molecule has 1 amide bonds. The first kappa shape index (κ1) is 20.8. The lowest BCUT2D eigenvalue weighted by Gasteiger charge is -2.09. The van der Waals surface area contributed by atoms with E-state index in [4.69, 9.17) is 14.2 Å². The Balaban J connectivity index is 1.46. The number of carbonyl (C=O) groups excluding carboxylic acids is 2. The molecule has 0 aliphatic heterocycles. The number of nitrogens with zero attached hydrogens (tertiary/aromatic N) is 1. The third-order valence-electron chi connectivity index (χ3n) is 3.65. The van der Waals surface area contributed by atoms with Gasteiger partial charge in [-0.05, 0) is 24.3 Å². The topological polar surface area (TPSA) is 86.8 Å². The van der Waals surface area contributed by atoms with Crippen LogP contribution >= 0.6 is 27.3 Å². The number of methoxy groups -OCH3 is 1. The highest BCUT2D eigenvalue weighted by atomic mass is 79.9. The lowest BCUT2D eigenvalue weighted by Crippen LogP contribution is -2.23. The van der Waals surface area contributed by atoms with Gasteiger partial charge in [0.1, 0.15) is 0 Å². The molecule has 0 bridgehead atoms. The van der Waals surface area contributed by atoms with E-state index < -0.39 is 18.5 Å². The Morgan fingerprint density at radius 1 is 1.10 bits per heavy atom. The van der Waals surface area contributed by atoms with Crippen LogP contribution in [0.15, 0.2) is 58.4 Å². The summed E-state index contributed by atoms with van der Waals surface area (Å²) in [6, 6.07) is 14.6. The van der Waals surface area contributed by atoms with Gasteiger partial charge in [-0.2, -0.15) is 0 Å². The van der Waals surface area contributed by atoms with Gasteiger partial charge in [-0.1, -0.05) is 40.2 Å². The molecule has 3 rings (SSSR count). The third-order valence-corrected chi connectivity index (χ3v) is 4.90. The van der Waals surface area contributed by atoms with Crippen LogP contribution in [0.2, 0.25) is 0 Å². The van der Waals surface area contributed by atoms with Crippen molar-refractivity contribution in [1.82, 2.24) is 4.98 Å². The van der Waals surface area contributed by atoms with Gasteiger partial charge in [0.2, 0.25) is 0 Å². The molecule has 0 radical (unpaired) electrons. The number of anilines is 1. The Hall–Kier alpha value is -2.91. The van der Waals surface area contributed by atoms with E-state index in [9.17, 15) is 9.59 Å². The fraction of sp³-hybridized carbons (Fsp3) is 0.150. The zero-order valence-corrected chi connectivity index (χ0v) is 17.8. The number of nitrogens with one attached hydrogen (secondary N) is 1. The lowest BCUT2D eigenvalue weighted by molar-refractivity contribution is -0.149. The summed E-state index contributed by atoms with van der Waals surface area (Å²) in [6.45, 7) is -0.766. The fourth-order valence-electron chi connectivity index (χ4n) is 2.33. The number of rotatable bonds is 8. The molecule has 0 saturated heterocycles. The molecule has 0 fully saturated rings. The summed E-state index contributed by atoms with van der Waals surface area (Å²) in [4.78, 5) is 28.2. The molecule has 0 atom stereocenters. The summed E-state index contributed by atoms with van der Waals surface area (Å²) < 4.78 is 16.4. The number of halogens is 1. The van der Waals surface area contributed by atoms with E-state index >= 15 is 0 Å². The summed E-state index contributed by atoms with van der Waals surface area (Å²) in [5.74, 6) is -0.229. The van der Waals surface area contributed by atoms with E-state index in [1.165, 1.54) is 18.4 Å². The Labute approximate surface area is 179 Å². The van der Waals surface area contributed by atoms with Crippen LogP contribution in [0.5, 0.6) is 11.5 Å². The fourth-order valence-corrected chi connectivity index (χ4v) is 3.46. The van der Waals surface area contributed by atoms with Crippen molar-refractivity contribution in [3.63, 3.8) is 0 Å². The van der Waals surface area contributed by atoms with Gasteiger partial charge in [-0.25, -0.2) is 9.78 Å². The van der Waals surface area contributed by atoms with Gasteiger partial charge < -0.3 is 14.2 Å². The van der Waals surface area contributed by atoms with E-state index in [-0.39, 0.29) is 6.61 Å². The summed E-state index contributed by atoms with van der Waals surface area (Å²) in [5, 5.41) is 4.87.